The van der Waals surface area contributed by atoms with Gasteiger partial charge in [-0.05, 0) is 55.5 Å². The molecule has 0 aliphatic rings. The van der Waals surface area contributed by atoms with Crippen LogP contribution in [-0.2, 0) is 16.0 Å². The molecule has 0 aliphatic heterocycles. The molecular weight excluding hydrogens is 494 g/mol. The number of ether oxygens (including phenoxy) is 3. The highest BCUT2D eigenvalue weighted by Gasteiger charge is 2.27. The zero-order valence-corrected chi connectivity index (χ0v) is 22.3. The summed E-state index contributed by atoms with van der Waals surface area (Å²) in [6.07, 6.45) is 3.93. The molecule has 3 aromatic rings. The maximum Gasteiger partial charge on any atom is 0.344 e. The van der Waals surface area contributed by atoms with E-state index in [4.69, 9.17) is 18.6 Å². The van der Waals surface area contributed by atoms with Gasteiger partial charge in [0.25, 0.3) is 0 Å². The highest BCUT2D eigenvalue weighted by atomic mass is 19.3. The van der Waals surface area contributed by atoms with Gasteiger partial charge in [-0.25, -0.2) is 13.6 Å². The molecule has 0 amide bonds. The van der Waals surface area contributed by atoms with Crippen LogP contribution in [0, 0.1) is 0 Å². The number of unbranched alkanes of at least 4 members (excludes halogenated alkanes) is 2. The number of hydrogen-bond donors (Lipinski definition) is 0. The molecule has 0 spiro atoms. The van der Waals surface area contributed by atoms with Crippen molar-refractivity contribution in [3.63, 3.8) is 0 Å². The Hall–Kier alpha value is -3.42. The predicted octanol–water partition coefficient (Wildman–Crippen LogP) is 7.34. The zero-order valence-electron chi connectivity index (χ0n) is 22.3. The van der Waals surface area contributed by atoms with Crippen LogP contribution in [0.2, 0.25) is 0 Å². The lowest BCUT2D eigenvalue weighted by Crippen LogP contribution is -2.18. The van der Waals surface area contributed by atoms with Crippen LogP contribution in [0.5, 0.6) is 11.5 Å². The summed E-state index contributed by atoms with van der Waals surface area (Å²) in [4.78, 5) is 23.6. The van der Waals surface area contributed by atoms with Crippen LogP contribution in [0.25, 0.3) is 22.1 Å². The first-order valence-corrected chi connectivity index (χ1v) is 13.1. The average Bonchev–Trinajstić information content (AvgIpc) is 2.89. The van der Waals surface area contributed by atoms with E-state index in [2.05, 4.69) is 6.92 Å². The van der Waals surface area contributed by atoms with Gasteiger partial charge in [0.2, 0.25) is 5.92 Å². The van der Waals surface area contributed by atoms with E-state index < -0.39 is 17.5 Å². The van der Waals surface area contributed by atoms with E-state index in [9.17, 15) is 18.4 Å². The maximum atomic E-state index is 14.0. The van der Waals surface area contributed by atoms with Gasteiger partial charge in [-0.15, -0.1) is 0 Å². The van der Waals surface area contributed by atoms with E-state index in [1.54, 1.807) is 31.4 Å². The van der Waals surface area contributed by atoms with Crippen molar-refractivity contribution in [2.45, 2.75) is 71.1 Å². The maximum absolute atomic E-state index is 14.0. The Bertz CT molecular complexity index is 1270. The number of hydrogen-bond acceptors (Lipinski definition) is 6. The summed E-state index contributed by atoms with van der Waals surface area (Å²) >= 11 is 0. The molecule has 0 N–H and O–H groups in total. The first kappa shape index (κ1) is 29.1. The molecule has 2 aromatic carbocycles. The van der Waals surface area contributed by atoms with Crippen LogP contribution < -0.4 is 15.1 Å². The van der Waals surface area contributed by atoms with Gasteiger partial charge in [-0.2, -0.15) is 0 Å². The van der Waals surface area contributed by atoms with Crippen LogP contribution in [-0.4, -0.2) is 32.2 Å². The van der Waals surface area contributed by atoms with Gasteiger partial charge in [0, 0.05) is 36.8 Å². The van der Waals surface area contributed by atoms with E-state index in [1.807, 2.05) is 18.2 Å². The number of aryl methyl sites for hydroxylation is 1. The Balaban J connectivity index is 1.63. The van der Waals surface area contributed by atoms with Crippen LogP contribution in [0.1, 0.15) is 64.4 Å². The molecule has 1 aromatic heterocycles. The second-order valence-corrected chi connectivity index (χ2v) is 9.39. The molecule has 0 bridgehead atoms. The lowest BCUT2D eigenvalue weighted by molar-refractivity contribution is -0.141. The number of methoxy groups -OCH3 is 1. The van der Waals surface area contributed by atoms with Crippen LogP contribution in [0.4, 0.5) is 8.78 Å². The Morgan fingerprint density at radius 3 is 2.42 bits per heavy atom. The third kappa shape index (κ3) is 8.57. The van der Waals surface area contributed by atoms with Gasteiger partial charge >= 0.3 is 11.6 Å². The Kier molecular flexibility index (Phi) is 10.7. The van der Waals surface area contributed by atoms with Crippen LogP contribution in [0.3, 0.4) is 0 Å². The molecule has 6 nitrogen and oxygen atoms in total. The Morgan fingerprint density at radius 1 is 0.947 bits per heavy atom. The topological polar surface area (TPSA) is 75.0 Å². The molecule has 0 aliphatic carbocycles. The molecule has 1 heterocycles. The summed E-state index contributed by atoms with van der Waals surface area (Å²) in [5.74, 6) is -2.28. The van der Waals surface area contributed by atoms with Crippen molar-refractivity contribution in [3.05, 3.63) is 58.4 Å². The van der Waals surface area contributed by atoms with Gasteiger partial charge in [0.05, 0.1) is 25.9 Å². The molecule has 0 fully saturated rings. The van der Waals surface area contributed by atoms with Crippen molar-refractivity contribution in [1.29, 1.82) is 0 Å². The monoisotopic (exact) mass is 530 g/mol. The number of halogens is 2. The minimum absolute atomic E-state index is 0.0113. The van der Waals surface area contributed by atoms with Crippen molar-refractivity contribution in [2.24, 2.45) is 0 Å². The standard InChI is InChI=1S/C30H36F2O6/c1-4-5-6-9-22-10-13-25(28(18-22)35-3)26-19-23-11-12-24(20-27(23)38-29(26)34)37-17-8-15-30(31,32)14-7-16-36-21(2)33/h10-13,18-20H,4-9,14-17H2,1-3H3. The van der Waals surface area contributed by atoms with E-state index in [0.29, 0.717) is 33.6 Å². The average molecular weight is 531 g/mol. The molecule has 0 radical (unpaired) electrons. The van der Waals surface area contributed by atoms with Crippen LogP contribution >= 0.6 is 0 Å². The fourth-order valence-corrected chi connectivity index (χ4v) is 4.25. The summed E-state index contributed by atoms with van der Waals surface area (Å²) in [5, 5.41) is 0.709. The van der Waals surface area contributed by atoms with Crippen LogP contribution in [0.15, 0.2) is 51.7 Å². The highest BCUT2D eigenvalue weighted by Crippen LogP contribution is 2.32. The van der Waals surface area contributed by atoms with Gasteiger partial charge < -0.3 is 18.6 Å². The molecular formula is C30H36F2O6. The Labute approximate surface area is 221 Å². The van der Waals surface area contributed by atoms with E-state index >= 15 is 0 Å². The molecule has 206 valence electrons. The summed E-state index contributed by atoms with van der Waals surface area (Å²) < 4.78 is 49.5. The van der Waals surface area contributed by atoms with Gasteiger partial charge in [0.15, 0.2) is 0 Å². The number of esters is 1. The van der Waals surface area contributed by atoms with Gasteiger partial charge in [-0.3, -0.25) is 4.79 Å². The normalized spacial score (nSPS) is 11.5. The SMILES string of the molecule is CCCCCc1ccc(-c2cc3ccc(OCCCC(F)(F)CCCOC(C)=O)cc3oc2=O)c(OC)c1. The minimum Gasteiger partial charge on any atom is -0.496 e. The van der Waals surface area contributed by atoms with Crippen molar-refractivity contribution in [1.82, 2.24) is 0 Å². The second kappa shape index (κ2) is 13.9. The fraction of sp³-hybridized carbons (Fsp3) is 0.467. The van der Waals surface area contributed by atoms with E-state index in [1.165, 1.54) is 6.92 Å². The predicted molar refractivity (Wildman–Crippen MR) is 143 cm³/mol. The number of alkyl halides is 2. The van der Waals surface area contributed by atoms with Crippen molar-refractivity contribution < 1.29 is 32.2 Å². The van der Waals surface area contributed by atoms with Gasteiger partial charge in [0.1, 0.15) is 17.1 Å². The fourth-order valence-electron chi connectivity index (χ4n) is 4.25. The Morgan fingerprint density at radius 2 is 1.71 bits per heavy atom. The number of rotatable bonds is 15. The molecule has 0 saturated carbocycles. The minimum atomic E-state index is -2.86. The second-order valence-electron chi connectivity index (χ2n) is 9.39. The van der Waals surface area contributed by atoms with E-state index in [0.717, 1.165) is 31.2 Å². The van der Waals surface area contributed by atoms with Crippen molar-refractivity contribution in [2.75, 3.05) is 20.3 Å². The highest BCUT2D eigenvalue weighted by molar-refractivity contribution is 5.84. The molecule has 0 saturated heterocycles. The number of carbonyl (C=O) groups excluding carboxylic acids is 1. The smallest absolute Gasteiger partial charge is 0.344 e. The number of benzene rings is 2. The lowest BCUT2D eigenvalue weighted by Gasteiger charge is -2.16. The molecule has 0 unspecified atom stereocenters. The third-order valence-electron chi connectivity index (χ3n) is 6.28. The number of fused-ring (bicyclic) bond motifs is 1. The first-order valence-electron chi connectivity index (χ1n) is 13.1. The van der Waals surface area contributed by atoms with Gasteiger partial charge in [-0.1, -0.05) is 31.9 Å². The van der Waals surface area contributed by atoms with Crippen molar-refractivity contribution >= 4 is 16.9 Å². The summed E-state index contributed by atoms with van der Waals surface area (Å²) in [6, 6.07) is 12.7. The molecule has 0 atom stereocenters. The summed E-state index contributed by atoms with van der Waals surface area (Å²) in [7, 11) is 1.58. The largest absolute Gasteiger partial charge is 0.496 e. The van der Waals surface area contributed by atoms with E-state index in [-0.39, 0.29) is 38.9 Å². The molecule has 8 heteroatoms. The summed E-state index contributed by atoms with van der Waals surface area (Å²) in [6.45, 7) is 3.49. The quantitative estimate of drug-likeness (QED) is 0.116. The molecule has 3 rings (SSSR count). The lowest BCUT2D eigenvalue weighted by atomic mass is 10.00. The first-order chi connectivity index (χ1) is 18.2. The third-order valence-corrected chi connectivity index (χ3v) is 6.28. The molecule has 38 heavy (non-hydrogen) atoms. The van der Waals surface area contributed by atoms with Crippen molar-refractivity contribution in [3.8, 4) is 22.6 Å². The summed E-state index contributed by atoms with van der Waals surface area (Å²) in [5.41, 5.74) is 2.07. The zero-order chi connectivity index (χ0) is 27.5. The number of carbonyl (C=O) groups is 1.